The first-order valence-electron chi connectivity index (χ1n) is 6.02. The van der Waals surface area contributed by atoms with E-state index in [2.05, 4.69) is 0 Å². The molecule has 0 radical (unpaired) electrons. The number of aliphatic carboxylic acids is 1. The Hall–Kier alpha value is -1.38. The lowest BCUT2D eigenvalue weighted by atomic mass is 9.80. The number of hydrogen-bond acceptors (Lipinski definition) is 1. The summed E-state index contributed by atoms with van der Waals surface area (Å²) in [5.74, 6) is -0.943. The topological polar surface area (TPSA) is 37.3 Å². The van der Waals surface area contributed by atoms with Gasteiger partial charge in [0, 0.05) is 0 Å². The van der Waals surface area contributed by atoms with E-state index >= 15 is 0 Å². The molecule has 0 saturated heterocycles. The summed E-state index contributed by atoms with van der Waals surface area (Å²) >= 11 is 0. The van der Waals surface area contributed by atoms with Crippen molar-refractivity contribution in [2.75, 3.05) is 0 Å². The zero-order valence-corrected chi connectivity index (χ0v) is 10.0. The van der Waals surface area contributed by atoms with E-state index in [9.17, 15) is 14.3 Å². The van der Waals surface area contributed by atoms with Gasteiger partial charge in [-0.1, -0.05) is 25.0 Å². The maximum atomic E-state index is 13.1. The van der Waals surface area contributed by atoms with Crippen LogP contribution in [0.5, 0.6) is 0 Å². The van der Waals surface area contributed by atoms with Gasteiger partial charge < -0.3 is 5.11 Å². The summed E-state index contributed by atoms with van der Waals surface area (Å²) in [7, 11) is 0. The molecule has 0 atom stereocenters. The van der Waals surface area contributed by atoms with Gasteiger partial charge in [-0.25, -0.2) is 4.39 Å². The van der Waals surface area contributed by atoms with E-state index in [1.54, 1.807) is 19.1 Å². The van der Waals surface area contributed by atoms with Gasteiger partial charge in [0.25, 0.3) is 0 Å². The molecular formula is C14H17FO2. The minimum atomic E-state index is -0.711. The van der Waals surface area contributed by atoms with Crippen LogP contribution in [0.3, 0.4) is 0 Å². The van der Waals surface area contributed by atoms with Gasteiger partial charge in [-0.15, -0.1) is 0 Å². The number of aryl methyl sites for hydroxylation is 1. The number of carbonyl (C=O) groups is 1. The molecule has 0 spiro atoms. The second-order valence-corrected chi connectivity index (χ2v) is 5.05. The number of halogens is 1. The highest BCUT2D eigenvalue weighted by Gasteiger charge is 2.41. The third kappa shape index (κ3) is 2.33. The molecule has 1 aromatic carbocycles. The van der Waals surface area contributed by atoms with Gasteiger partial charge >= 0.3 is 5.97 Å². The highest BCUT2D eigenvalue weighted by atomic mass is 19.1. The van der Waals surface area contributed by atoms with Crippen LogP contribution in [-0.4, -0.2) is 11.1 Å². The quantitative estimate of drug-likeness (QED) is 0.874. The molecule has 0 aliphatic heterocycles. The molecule has 0 heterocycles. The van der Waals surface area contributed by atoms with Gasteiger partial charge in [-0.2, -0.15) is 0 Å². The lowest BCUT2D eigenvalue weighted by molar-refractivity contribution is -0.148. The molecule has 1 N–H and O–H groups in total. The molecule has 0 unspecified atom stereocenters. The van der Waals surface area contributed by atoms with Crippen LogP contribution in [0, 0.1) is 18.2 Å². The standard InChI is InChI=1S/C14H17FO2/c1-10-8-11(4-5-12(10)15)9-14(13(16)17)6-2-3-7-14/h4-5,8H,2-3,6-7,9H2,1H3,(H,16,17). The number of carboxylic acids is 1. The van der Waals surface area contributed by atoms with Gasteiger partial charge in [0.2, 0.25) is 0 Å². The Balaban J connectivity index is 2.23. The van der Waals surface area contributed by atoms with Crippen molar-refractivity contribution < 1.29 is 14.3 Å². The zero-order chi connectivity index (χ0) is 12.5. The normalized spacial score (nSPS) is 18.2. The molecule has 0 amide bonds. The van der Waals surface area contributed by atoms with E-state index in [1.807, 2.05) is 0 Å². The lowest BCUT2D eigenvalue weighted by Crippen LogP contribution is -2.30. The van der Waals surface area contributed by atoms with Crippen LogP contribution in [0.25, 0.3) is 0 Å². The second kappa shape index (κ2) is 4.47. The summed E-state index contributed by atoms with van der Waals surface area (Å²) in [4.78, 5) is 11.4. The molecule has 1 aliphatic rings. The minimum absolute atomic E-state index is 0.232. The Labute approximate surface area is 100 Å². The minimum Gasteiger partial charge on any atom is -0.481 e. The molecule has 1 aliphatic carbocycles. The fraction of sp³-hybridized carbons (Fsp3) is 0.500. The Bertz CT molecular complexity index is 434. The fourth-order valence-corrected chi connectivity index (χ4v) is 2.73. The molecule has 1 aromatic rings. The van der Waals surface area contributed by atoms with E-state index in [1.165, 1.54) is 6.07 Å². The Morgan fingerprint density at radius 1 is 1.41 bits per heavy atom. The molecular weight excluding hydrogens is 219 g/mol. The van der Waals surface area contributed by atoms with Crippen LogP contribution in [0.4, 0.5) is 4.39 Å². The van der Waals surface area contributed by atoms with Crippen LogP contribution in [0.1, 0.15) is 36.8 Å². The molecule has 92 valence electrons. The first kappa shape index (κ1) is 12.1. The maximum absolute atomic E-state index is 13.1. The van der Waals surface area contributed by atoms with Crippen molar-refractivity contribution in [2.24, 2.45) is 5.41 Å². The van der Waals surface area contributed by atoms with Crippen molar-refractivity contribution in [1.29, 1.82) is 0 Å². The number of carboxylic acid groups (broad SMARTS) is 1. The summed E-state index contributed by atoms with van der Waals surface area (Å²) < 4.78 is 13.1. The van der Waals surface area contributed by atoms with Crippen LogP contribution in [-0.2, 0) is 11.2 Å². The first-order valence-corrected chi connectivity index (χ1v) is 6.02. The van der Waals surface area contributed by atoms with Crippen LogP contribution in [0.15, 0.2) is 18.2 Å². The van der Waals surface area contributed by atoms with Crippen molar-refractivity contribution in [3.63, 3.8) is 0 Å². The van der Waals surface area contributed by atoms with Crippen LogP contribution >= 0.6 is 0 Å². The van der Waals surface area contributed by atoms with E-state index in [0.717, 1.165) is 31.2 Å². The third-order valence-corrected chi connectivity index (χ3v) is 3.78. The van der Waals surface area contributed by atoms with Crippen LogP contribution < -0.4 is 0 Å². The molecule has 1 fully saturated rings. The van der Waals surface area contributed by atoms with Crippen molar-refractivity contribution >= 4 is 5.97 Å². The van der Waals surface area contributed by atoms with Gasteiger partial charge in [-0.3, -0.25) is 4.79 Å². The Kier molecular flexibility index (Phi) is 3.18. The maximum Gasteiger partial charge on any atom is 0.309 e. The summed E-state index contributed by atoms with van der Waals surface area (Å²) in [6.45, 7) is 1.71. The van der Waals surface area contributed by atoms with E-state index < -0.39 is 11.4 Å². The average molecular weight is 236 g/mol. The molecule has 0 bridgehead atoms. The fourth-order valence-electron chi connectivity index (χ4n) is 2.73. The number of benzene rings is 1. The van der Waals surface area contributed by atoms with Crippen LogP contribution in [0.2, 0.25) is 0 Å². The predicted octanol–water partition coefficient (Wildman–Crippen LogP) is 3.32. The number of rotatable bonds is 3. The SMILES string of the molecule is Cc1cc(CC2(C(=O)O)CCCC2)ccc1F. The smallest absolute Gasteiger partial charge is 0.309 e. The molecule has 2 rings (SSSR count). The van der Waals surface area contributed by atoms with E-state index in [4.69, 9.17) is 0 Å². The Morgan fingerprint density at radius 3 is 2.59 bits per heavy atom. The summed E-state index contributed by atoms with van der Waals surface area (Å²) in [6, 6.07) is 4.89. The average Bonchev–Trinajstić information content (AvgIpc) is 2.73. The third-order valence-electron chi connectivity index (χ3n) is 3.78. The summed E-state index contributed by atoms with van der Waals surface area (Å²) in [5, 5.41) is 9.37. The van der Waals surface area contributed by atoms with Gasteiger partial charge in [0.15, 0.2) is 0 Å². The summed E-state index contributed by atoms with van der Waals surface area (Å²) in [5.41, 5.74) is 0.888. The Morgan fingerprint density at radius 2 is 2.06 bits per heavy atom. The van der Waals surface area contributed by atoms with Gasteiger partial charge in [0.1, 0.15) is 5.82 Å². The molecule has 2 nitrogen and oxygen atoms in total. The van der Waals surface area contributed by atoms with E-state index in [0.29, 0.717) is 12.0 Å². The largest absolute Gasteiger partial charge is 0.481 e. The van der Waals surface area contributed by atoms with Crippen molar-refractivity contribution in [3.8, 4) is 0 Å². The van der Waals surface area contributed by atoms with Gasteiger partial charge in [0.05, 0.1) is 5.41 Å². The second-order valence-electron chi connectivity index (χ2n) is 5.05. The monoisotopic (exact) mass is 236 g/mol. The first-order chi connectivity index (χ1) is 8.03. The molecule has 3 heteroatoms. The molecule has 17 heavy (non-hydrogen) atoms. The predicted molar refractivity (Wildman–Crippen MR) is 63.4 cm³/mol. The lowest BCUT2D eigenvalue weighted by Gasteiger charge is -2.23. The number of hydrogen-bond donors (Lipinski definition) is 1. The van der Waals surface area contributed by atoms with Crippen molar-refractivity contribution in [1.82, 2.24) is 0 Å². The van der Waals surface area contributed by atoms with Crippen molar-refractivity contribution in [3.05, 3.63) is 35.1 Å². The van der Waals surface area contributed by atoms with Gasteiger partial charge in [-0.05, 0) is 43.4 Å². The highest BCUT2D eigenvalue weighted by Crippen LogP contribution is 2.41. The molecule has 0 aromatic heterocycles. The summed E-state index contributed by atoms with van der Waals surface area (Å²) in [6.07, 6.45) is 3.94. The van der Waals surface area contributed by atoms with Crippen molar-refractivity contribution in [2.45, 2.75) is 39.0 Å². The molecule has 1 saturated carbocycles. The highest BCUT2D eigenvalue weighted by molar-refractivity contribution is 5.75. The van der Waals surface area contributed by atoms with E-state index in [-0.39, 0.29) is 5.82 Å². The zero-order valence-electron chi connectivity index (χ0n) is 10.0.